The van der Waals surface area contributed by atoms with Crippen LogP contribution in [0.3, 0.4) is 0 Å². The van der Waals surface area contributed by atoms with Gasteiger partial charge >= 0.3 is 0 Å². The van der Waals surface area contributed by atoms with Crippen LogP contribution in [-0.2, 0) is 0 Å². The Hall–Kier alpha value is -0.720. The lowest BCUT2D eigenvalue weighted by molar-refractivity contribution is 0.134. The molecule has 0 aromatic carbocycles. The molecule has 1 atom stereocenters. The van der Waals surface area contributed by atoms with Crippen LogP contribution < -0.4 is 0 Å². The van der Waals surface area contributed by atoms with Crippen LogP contribution in [0.15, 0.2) is 17.8 Å². The normalized spacial score (nSPS) is 29.7. The Morgan fingerprint density at radius 3 is 3.09 bits per heavy atom. The number of allylic oxidation sites excluding steroid dienone is 3. The lowest BCUT2D eigenvalue weighted by Crippen LogP contribution is -2.45. The Labute approximate surface area is 68.4 Å². The average molecular weight is 148 g/mol. The first-order valence-corrected chi connectivity index (χ1v) is 4.37. The summed E-state index contributed by atoms with van der Waals surface area (Å²) < 4.78 is 0. The van der Waals surface area contributed by atoms with Gasteiger partial charge in [-0.2, -0.15) is 0 Å². The van der Waals surface area contributed by atoms with Crippen molar-refractivity contribution in [3.05, 3.63) is 23.9 Å². The van der Waals surface area contributed by atoms with E-state index < -0.39 is 0 Å². The van der Waals surface area contributed by atoms with Crippen LogP contribution in [0.1, 0.15) is 26.2 Å². The van der Waals surface area contributed by atoms with Gasteiger partial charge in [0.1, 0.15) is 0 Å². The van der Waals surface area contributed by atoms with E-state index in [0.717, 1.165) is 6.04 Å². The molecule has 1 saturated heterocycles. The monoisotopic (exact) mass is 148 g/mol. The summed E-state index contributed by atoms with van der Waals surface area (Å²) in [6.45, 7) is 3.23. The van der Waals surface area contributed by atoms with Crippen molar-refractivity contribution in [2.45, 2.75) is 32.2 Å². The molecule has 11 heavy (non-hydrogen) atoms. The minimum absolute atomic E-state index is 0.879. The summed E-state index contributed by atoms with van der Waals surface area (Å²) in [5.74, 6) is 0. The Balaban J connectivity index is 2.06. The molecule has 59 valence electrons. The highest BCUT2D eigenvalue weighted by Crippen LogP contribution is 2.29. The van der Waals surface area contributed by atoms with E-state index in [4.69, 9.17) is 0 Å². The summed E-state index contributed by atoms with van der Waals surface area (Å²) in [6.07, 6.45) is 11.5. The van der Waals surface area contributed by atoms with Crippen molar-refractivity contribution in [3.8, 4) is 0 Å². The van der Waals surface area contributed by atoms with Gasteiger partial charge in [-0.25, -0.2) is 0 Å². The second kappa shape index (κ2) is 2.72. The molecule has 0 aromatic heterocycles. The summed E-state index contributed by atoms with van der Waals surface area (Å²) in [5.41, 5.74) is 1.45. The Bertz CT molecular complexity index is 203. The quantitative estimate of drug-likeness (QED) is 0.550. The number of fused-ring (bicyclic) bond motifs is 1. The molecule has 2 aliphatic heterocycles. The second-order valence-corrected chi connectivity index (χ2v) is 3.36. The molecule has 0 saturated carbocycles. The SMILES string of the molecule is C/[C]=C/C1=CN2CCC2CC1. The molecule has 2 rings (SSSR count). The first-order chi connectivity index (χ1) is 5.40. The number of hydrogen-bond donors (Lipinski definition) is 0. The third kappa shape index (κ3) is 1.20. The van der Waals surface area contributed by atoms with Gasteiger partial charge in [0.05, 0.1) is 0 Å². The molecule has 1 heteroatoms. The standard InChI is InChI=1S/C10H14N/c1-2-3-9-4-5-10-6-7-11(10)8-9/h3,8,10H,4-7H2,1H3. The van der Waals surface area contributed by atoms with Gasteiger partial charge in [0.15, 0.2) is 0 Å². The zero-order chi connectivity index (χ0) is 7.68. The molecule has 1 unspecified atom stereocenters. The van der Waals surface area contributed by atoms with Gasteiger partial charge in [0.25, 0.3) is 0 Å². The molecule has 0 aliphatic carbocycles. The molecule has 2 heterocycles. The highest BCUT2D eigenvalue weighted by molar-refractivity contribution is 5.20. The van der Waals surface area contributed by atoms with Gasteiger partial charge in [0.2, 0.25) is 0 Å². The third-order valence-electron chi connectivity index (χ3n) is 2.62. The van der Waals surface area contributed by atoms with Gasteiger partial charge in [-0.15, -0.1) is 0 Å². The maximum absolute atomic E-state index is 3.08. The van der Waals surface area contributed by atoms with Crippen LogP contribution in [0.4, 0.5) is 0 Å². The van der Waals surface area contributed by atoms with E-state index in [-0.39, 0.29) is 0 Å². The summed E-state index contributed by atoms with van der Waals surface area (Å²) in [6, 6.07) is 0.879. The Morgan fingerprint density at radius 1 is 1.64 bits per heavy atom. The molecule has 2 aliphatic rings. The summed E-state index contributed by atoms with van der Waals surface area (Å²) >= 11 is 0. The van der Waals surface area contributed by atoms with Crippen LogP contribution in [0.2, 0.25) is 0 Å². The van der Waals surface area contributed by atoms with Gasteiger partial charge in [-0.05, 0) is 37.8 Å². The predicted octanol–water partition coefficient (Wildman–Crippen LogP) is 2.12. The highest BCUT2D eigenvalue weighted by Gasteiger charge is 2.27. The summed E-state index contributed by atoms with van der Waals surface area (Å²) in [7, 11) is 0. The van der Waals surface area contributed by atoms with Crippen LogP contribution in [-0.4, -0.2) is 17.5 Å². The van der Waals surface area contributed by atoms with E-state index in [1.54, 1.807) is 0 Å². The molecular formula is C10H14N. The number of rotatable bonds is 1. The van der Waals surface area contributed by atoms with Crippen molar-refractivity contribution in [1.29, 1.82) is 0 Å². The van der Waals surface area contributed by atoms with E-state index in [2.05, 4.69) is 23.3 Å². The van der Waals surface area contributed by atoms with Gasteiger partial charge in [-0.3, -0.25) is 0 Å². The van der Waals surface area contributed by atoms with Crippen molar-refractivity contribution in [2.75, 3.05) is 6.54 Å². The van der Waals surface area contributed by atoms with Crippen molar-refractivity contribution < 1.29 is 0 Å². The first kappa shape index (κ1) is 6.96. The lowest BCUT2D eigenvalue weighted by Gasteiger charge is -2.43. The zero-order valence-corrected chi connectivity index (χ0v) is 7.01. The topological polar surface area (TPSA) is 3.24 Å². The van der Waals surface area contributed by atoms with Crippen LogP contribution in [0.5, 0.6) is 0 Å². The fraction of sp³-hybridized carbons (Fsp3) is 0.600. The molecule has 0 bridgehead atoms. The maximum atomic E-state index is 3.08. The van der Waals surface area contributed by atoms with E-state index in [0.29, 0.717) is 0 Å². The van der Waals surface area contributed by atoms with Gasteiger partial charge in [-0.1, -0.05) is 6.08 Å². The highest BCUT2D eigenvalue weighted by atomic mass is 15.2. The minimum atomic E-state index is 0.879. The molecular weight excluding hydrogens is 134 g/mol. The molecule has 1 nitrogen and oxygen atoms in total. The largest absolute Gasteiger partial charge is 0.374 e. The van der Waals surface area contributed by atoms with Crippen molar-refractivity contribution in [2.24, 2.45) is 0 Å². The van der Waals surface area contributed by atoms with Gasteiger partial charge in [0, 0.05) is 18.8 Å². The molecule has 0 N–H and O–H groups in total. The van der Waals surface area contributed by atoms with Crippen molar-refractivity contribution >= 4 is 0 Å². The van der Waals surface area contributed by atoms with Crippen molar-refractivity contribution in [1.82, 2.24) is 4.90 Å². The van der Waals surface area contributed by atoms with E-state index >= 15 is 0 Å². The Kier molecular flexibility index (Phi) is 1.72. The fourth-order valence-electron chi connectivity index (χ4n) is 1.85. The zero-order valence-electron chi connectivity index (χ0n) is 7.01. The number of hydrogen-bond acceptors (Lipinski definition) is 1. The fourth-order valence-corrected chi connectivity index (χ4v) is 1.85. The minimum Gasteiger partial charge on any atom is -0.374 e. The van der Waals surface area contributed by atoms with Crippen LogP contribution in [0, 0.1) is 6.08 Å². The van der Waals surface area contributed by atoms with E-state index in [9.17, 15) is 0 Å². The van der Waals surface area contributed by atoms with E-state index in [1.165, 1.54) is 31.4 Å². The Morgan fingerprint density at radius 2 is 2.55 bits per heavy atom. The molecule has 0 amide bonds. The summed E-state index contributed by atoms with van der Waals surface area (Å²) in [4.78, 5) is 2.45. The van der Waals surface area contributed by atoms with Crippen LogP contribution >= 0.6 is 0 Å². The number of nitrogens with zero attached hydrogens (tertiary/aromatic N) is 1. The maximum Gasteiger partial charge on any atom is 0.0304 e. The first-order valence-electron chi connectivity index (χ1n) is 4.37. The smallest absolute Gasteiger partial charge is 0.0304 e. The van der Waals surface area contributed by atoms with Gasteiger partial charge < -0.3 is 4.90 Å². The van der Waals surface area contributed by atoms with Crippen LogP contribution in [0.25, 0.3) is 0 Å². The third-order valence-corrected chi connectivity index (χ3v) is 2.62. The molecule has 0 spiro atoms. The van der Waals surface area contributed by atoms with Crippen molar-refractivity contribution in [3.63, 3.8) is 0 Å². The molecule has 1 fully saturated rings. The lowest BCUT2D eigenvalue weighted by atomic mass is 9.92. The average Bonchev–Trinajstić information content (AvgIpc) is 1.96. The molecule has 0 aromatic rings. The second-order valence-electron chi connectivity index (χ2n) is 3.36. The summed E-state index contributed by atoms with van der Waals surface area (Å²) in [5, 5.41) is 0. The predicted molar refractivity (Wildman–Crippen MR) is 45.9 cm³/mol. The van der Waals surface area contributed by atoms with E-state index in [1.807, 2.05) is 6.92 Å². The molecule has 1 radical (unpaired) electrons.